The second kappa shape index (κ2) is 6.71. The van der Waals surface area contributed by atoms with Crippen molar-refractivity contribution in [3.8, 4) is 0 Å². The molecule has 7 heteroatoms. The van der Waals surface area contributed by atoms with Crippen molar-refractivity contribution in [3.05, 3.63) is 18.0 Å². The molecule has 2 heterocycles. The molecule has 116 valence electrons. The van der Waals surface area contributed by atoms with Crippen LogP contribution in [0.25, 0.3) is 0 Å². The first-order chi connectivity index (χ1) is 9.97. The molecule has 21 heavy (non-hydrogen) atoms. The standard InChI is InChI=1S/C14H22N4O3/c1-17-9-11(8-16-17)13(15)14(21)18-6-4-10(5-7-18)2-3-12(19)20/h8-10,13H,2-7,15H2,1H3,(H,19,20). The zero-order valence-electron chi connectivity index (χ0n) is 12.2. The lowest BCUT2D eigenvalue weighted by molar-refractivity contribution is -0.138. The molecule has 0 saturated carbocycles. The van der Waals surface area contributed by atoms with Gasteiger partial charge in [0.25, 0.3) is 0 Å². The van der Waals surface area contributed by atoms with Crippen LogP contribution in [-0.4, -0.2) is 44.8 Å². The van der Waals surface area contributed by atoms with Crippen molar-refractivity contribution in [2.75, 3.05) is 13.1 Å². The molecule has 0 bridgehead atoms. The Morgan fingerprint density at radius 2 is 2.14 bits per heavy atom. The van der Waals surface area contributed by atoms with Crippen LogP contribution >= 0.6 is 0 Å². The summed E-state index contributed by atoms with van der Waals surface area (Å²) in [6.07, 6.45) is 5.95. The van der Waals surface area contributed by atoms with Gasteiger partial charge >= 0.3 is 5.97 Å². The monoisotopic (exact) mass is 294 g/mol. The molecule has 0 radical (unpaired) electrons. The number of hydrogen-bond donors (Lipinski definition) is 2. The highest BCUT2D eigenvalue weighted by Crippen LogP contribution is 2.23. The van der Waals surface area contributed by atoms with Gasteiger partial charge in [-0.15, -0.1) is 0 Å². The van der Waals surface area contributed by atoms with E-state index in [1.807, 2.05) is 0 Å². The third-order valence-corrected chi connectivity index (χ3v) is 4.04. The summed E-state index contributed by atoms with van der Waals surface area (Å²) < 4.78 is 1.63. The maximum atomic E-state index is 12.4. The number of carboxylic acid groups (broad SMARTS) is 1. The number of carboxylic acids is 1. The van der Waals surface area contributed by atoms with Crippen molar-refractivity contribution < 1.29 is 14.7 Å². The van der Waals surface area contributed by atoms with Crippen LogP contribution in [-0.2, 0) is 16.6 Å². The van der Waals surface area contributed by atoms with E-state index < -0.39 is 12.0 Å². The number of carbonyl (C=O) groups excluding carboxylic acids is 1. The molecule has 2 rings (SSSR count). The zero-order chi connectivity index (χ0) is 15.4. The Morgan fingerprint density at radius 1 is 1.48 bits per heavy atom. The molecule has 0 aliphatic carbocycles. The quantitative estimate of drug-likeness (QED) is 0.824. The third kappa shape index (κ3) is 4.04. The smallest absolute Gasteiger partial charge is 0.303 e. The topological polar surface area (TPSA) is 101 Å². The molecule has 1 aromatic heterocycles. The highest BCUT2D eigenvalue weighted by molar-refractivity contribution is 5.83. The number of aryl methyl sites for hydroxylation is 1. The van der Waals surface area contributed by atoms with Gasteiger partial charge in [-0.3, -0.25) is 14.3 Å². The molecule has 3 N–H and O–H groups in total. The Balaban J connectivity index is 1.84. The minimum atomic E-state index is -0.757. The lowest BCUT2D eigenvalue weighted by Crippen LogP contribution is -2.43. The van der Waals surface area contributed by atoms with Crippen LogP contribution in [0.2, 0.25) is 0 Å². The number of piperidine rings is 1. The Labute approximate surface area is 123 Å². The minimum absolute atomic E-state index is 0.0836. The number of hydrogen-bond acceptors (Lipinski definition) is 4. The van der Waals surface area contributed by atoms with E-state index in [0.29, 0.717) is 25.4 Å². The summed E-state index contributed by atoms with van der Waals surface area (Å²) >= 11 is 0. The highest BCUT2D eigenvalue weighted by Gasteiger charge is 2.27. The first-order valence-electron chi connectivity index (χ1n) is 7.22. The van der Waals surface area contributed by atoms with E-state index >= 15 is 0 Å². The van der Waals surface area contributed by atoms with Crippen LogP contribution in [0.15, 0.2) is 12.4 Å². The Bertz CT molecular complexity index is 506. The van der Waals surface area contributed by atoms with Crippen LogP contribution in [0, 0.1) is 5.92 Å². The summed E-state index contributed by atoms with van der Waals surface area (Å²) in [6.45, 7) is 1.30. The SMILES string of the molecule is Cn1cc(C(N)C(=O)N2CCC(CCC(=O)O)CC2)cn1. The van der Waals surface area contributed by atoms with Gasteiger partial charge in [-0.25, -0.2) is 0 Å². The van der Waals surface area contributed by atoms with E-state index in [4.69, 9.17) is 10.8 Å². The average molecular weight is 294 g/mol. The summed E-state index contributed by atoms with van der Waals surface area (Å²) in [7, 11) is 1.79. The maximum absolute atomic E-state index is 12.4. The van der Waals surface area contributed by atoms with E-state index in [1.165, 1.54) is 0 Å². The number of likely N-dealkylation sites (tertiary alicyclic amines) is 1. The van der Waals surface area contributed by atoms with Crippen LogP contribution in [0.4, 0.5) is 0 Å². The predicted octanol–water partition coefficient (Wildman–Crippen LogP) is 0.523. The molecule has 1 aliphatic heterocycles. The van der Waals surface area contributed by atoms with Gasteiger partial charge in [0.1, 0.15) is 6.04 Å². The lowest BCUT2D eigenvalue weighted by atomic mass is 9.92. The molecule has 1 saturated heterocycles. The maximum Gasteiger partial charge on any atom is 0.303 e. The van der Waals surface area contributed by atoms with E-state index in [2.05, 4.69) is 5.10 Å². The average Bonchev–Trinajstić information content (AvgIpc) is 2.90. The molecule has 1 amide bonds. The fraction of sp³-hybridized carbons (Fsp3) is 0.643. The second-order valence-electron chi connectivity index (χ2n) is 5.63. The van der Waals surface area contributed by atoms with Crippen molar-refractivity contribution in [1.29, 1.82) is 0 Å². The van der Waals surface area contributed by atoms with E-state index in [0.717, 1.165) is 18.4 Å². The second-order valence-corrected chi connectivity index (χ2v) is 5.63. The summed E-state index contributed by atoms with van der Waals surface area (Å²) in [4.78, 5) is 24.7. The molecule has 1 unspecified atom stereocenters. The number of amides is 1. The van der Waals surface area contributed by atoms with Crippen molar-refractivity contribution in [3.63, 3.8) is 0 Å². The summed E-state index contributed by atoms with van der Waals surface area (Å²) in [6, 6.07) is -0.672. The van der Waals surface area contributed by atoms with Crippen molar-refractivity contribution >= 4 is 11.9 Å². The number of aromatic nitrogens is 2. The van der Waals surface area contributed by atoms with Gasteiger partial charge in [-0.2, -0.15) is 5.10 Å². The molecule has 0 aromatic carbocycles. The first kappa shape index (κ1) is 15.5. The molecule has 1 aliphatic rings. The van der Waals surface area contributed by atoms with Gasteiger partial charge in [0, 0.05) is 38.3 Å². The Morgan fingerprint density at radius 3 is 2.67 bits per heavy atom. The Kier molecular flexibility index (Phi) is 4.95. The number of nitrogens with two attached hydrogens (primary N) is 1. The predicted molar refractivity (Wildman–Crippen MR) is 76.3 cm³/mol. The zero-order valence-corrected chi connectivity index (χ0v) is 12.2. The molecule has 1 fully saturated rings. The first-order valence-corrected chi connectivity index (χ1v) is 7.22. The number of rotatable bonds is 5. The molecule has 1 aromatic rings. The van der Waals surface area contributed by atoms with Gasteiger partial charge in [0.15, 0.2) is 0 Å². The fourth-order valence-corrected chi connectivity index (χ4v) is 2.71. The van der Waals surface area contributed by atoms with E-state index in [1.54, 1.807) is 29.0 Å². The Hall–Kier alpha value is -1.89. The largest absolute Gasteiger partial charge is 0.481 e. The van der Waals surface area contributed by atoms with E-state index in [-0.39, 0.29) is 12.3 Å². The van der Waals surface area contributed by atoms with E-state index in [9.17, 15) is 9.59 Å². The summed E-state index contributed by atoms with van der Waals surface area (Å²) in [5.41, 5.74) is 6.71. The van der Waals surface area contributed by atoms with Crippen molar-refractivity contribution in [2.45, 2.75) is 31.7 Å². The number of carbonyl (C=O) groups is 2. The van der Waals surface area contributed by atoms with Crippen LogP contribution in [0.5, 0.6) is 0 Å². The minimum Gasteiger partial charge on any atom is -0.481 e. The number of aliphatic carboxylic acids is 1. The van der Waals surface area contributed by atoms with Gasteiger partial charge in [0.05, 0.1) is 6.20 Å². The van der Waals surface area contributed by atoms with Gasteiger partial charge in [-0.1, -0.05) is 0 Å². The summed E-state index contributed by atoms with van der Waals surface area (Å²) in [5.74, 6) is -0.452. The number of nitrogens with zero attached hydrogens (tertiary/aromatic N) is 3. The molecule has 7 nitrogen and oxygen atoms in total. The van der Waals surface area contributed by atoms with Gasteiger partial charge in [-0.05, 0) is 25.2 Å². The molecule has 0 spiro atoms. The fourth-order valence-electron chi connectivity index (χ4n) is 2.71. The van der Waals surface area contributed by atoms with Gasteiger partial charge in [0.2, 0.25) is 5.91 Å². The normalized spacial score (nSPS) is 17.7. The molecule has 1 atom stereocenters. The lowest BCUT2D eigenvalue weighted by Gasteiger charge is -2.33. The van der Waals surface area contributed by atoms with Crippen molar-refractivity contribution in [1.82, 2.24) is 14.7 Å². The summed E-state index contributed by atoms with van der Waals surface area (Å²) in [5, 5.41) is 12.7. The van der Waals surface area contributed by atoms with Crippen molar-refractivity contribution in [2.24, 2.45) is 18.7 Å². The highest BCUT2D eigenvalue weighted by atomic mass is 16.4. The van der Waals surface area contributed by atoms with Gasteiger partial charge < -0.3 is 15.7 Å². The third-order valence-electron chi connectivity index (χ3n) is 4.04. The van der Waals surface area contributed by atoms with Crippen LogP contribution in [0.3, 0.4) is 0 Å². The van der Waals surface area contributed by atoms with Crippen LogP contribution < -0.4 is 5.73 Å². The molecular weight excluding hydrogens is 272 g/mol. The van der Waals surface area contributed by atoms with Crippen LogP contribution in [0.1, 0.15) is 37.3 Å². The molecular formula is C14H22N4O3.